The molecule has 2 amide bonds. The molecule has 3 rings (SSSR count). The Hall–Kier alpha value is -3.39. The number of amides is 2. The monoisotopic (exact) mass is 427 g/mol. The van der Waals surface area contributed by atoms with Crippen LogP contribution < -0.4 is 20.5 Å². The van der Waals surface area contributed by atoms with Crippen molar-refractivity contribution in [3.05, 3.63) is 70.3 Å². The van der Waals surface area contributed by atoms with Gasteiger partial charge in [0.15, 0.2) is 0 Å². The number of benzene rings is 2. The maximum atomic E-state index is 14.0. The summed E-state index contributed by atoms with van der Waals surface area (Å²) in [5.41, 5.74) is 0.969. The van der Waals surface area contributed by atoms with E-state index in [1.54, 1.807) is 30.3 Å². The van der Waals surface area contributed by atoms with Gasteiger partial charge in [-0.3, -0.25) is 4.79 Å². The lowest BCUT2D eigenvalue weighted by Crippen LogP contribution is -3.06. The zero-order valence-electron chi connectivity index (χ0n) is 18.0. The van der Waals surface area contributed by atoms with Gasteiger partial charge in [0.25, 0.3) is 5.56 Å². The van der Waals surface area contributed by atoms with Crippen LogP contribution >= 0.6 is 0 Å². The number of hydrogen-bond donors (Lipinski definition) is 3. The molecule has 3 N–H and O–H groups in total. The number of nitrogens with zero attached hydrogens (tertiary/aromatic N) is 1. The van der Waals surface area contributed by atoms with E-state index in [1.807, 2.05) is 27.1 Å². The van der Waals surface area contributed by atoms with Crippen molar-refractivity contribution in [1.29, 1.82) is 0 Å². The molecule has 7 nitrogen and oxygen atoms in total. The van der Waals surface area contributed by atoms with Crippen LogP contribution in [-0.4, -0.2) is 49.7 Å². The van der Waals surface area contributed by atoms with Crippen LogP contribution in [0.2, 0.25) is 0 Å². The highest BCUT2D eigenvalue weighted by Gasteiger charge is 2.18. The first-order chi connectivity index (χ1) is 14.9. The van der Waals surface area contributed by atoms with Gasteiger partial charge in [-0.05, 0) is 43.3 Å². The molecule has 0 bridgehead atoms. The van der Waals surface area contributed by atoms with Crippen molar-refractivity contribution in [1.82, 2.24) is 9.88 Å². The number of likely N-dealkylation sites (N-methyl/N-ethyl adjacent to an activating group) is 1. The molecule has 0 aliphatic rings. The van der Waals surface area contributed by atoms with Gasteiger partial charge in [0.05, 0.1) is 46.0 Å². The predicted molar refractivity (Wildman–Crippen MR) is 119 cm³/mol. The minimum absolute atomic E-state index is 0.0949. The summed E-state index contributed by atoms with van der Waals surface area (Å²) in [7, 11) is 3.95. The molecule has 3 aromatic rings. The Labute approximate surface area is 180 Å². The van der Waals surface area contributed by atoms with Gasteiger partial charge >= 0.3 is 6.03 Å². The number of pyridine rings is 1. The topological polar surface area (TPSA) is 78.9 Å². The summed E-state index contributed by atoms with van der Waals surface area (Å²) < 4.78 is 19.5. The number of quaternary nitrogens is 1. The molecule has 8 heteroatoms. The Morgan fingerprint density at radius 3 is 2.68 bits per heavy atom. The summed E-state index contributed by atoms with van der Waals surface area (Å²) in [6.45, 7) is 3.61. The SMILES string of the molecule is CCOc1ccc2[nH]c(=O)c(CN(CC[NH+](C)C)C(=O)Nc3ccccc3F)cc2c1. The number of anilines is 1. The first-order valence-electron chi connectivity index (χ1n) is 10.3. The third-order valence-corrected chi connectivity index (χ3v) is 4.85. The number of H-pyrrole nitrogens is 1. The number of hydrogen-bond acceptors (Lipinski definition) is 3. The largest absolute Gasteiger partial charge is 0.494 e. The zero-order chi connectivity index (χ0) is 22.4. The van der Waals surface area contributed by atoms with Gasteiger partial charge in [0.2, 0.25) is 0 Å². The van der Waals surface area contributed by atoms with Gasteiger partial charge in [-0.15, -0.1) is 0 Å². The number of carbonyl (C=O) groups excluding carboxylic acids is 1. The molecule has 0 saturated heterocycles. The molecule has 164 valence electrons. The number of urea groups is 1. The van der Waals surface area contributed by atoms with Crippen molar-refractivity contribution in [2.24, 2.45) is 0 Å². The van der Waals surface area contributed by atoms with E-state index in [1.165, 1.54) is 17.0 Å². The molecule has 0 unspecified atom stereocenters. The Kier molecular flexibility index (Phi) is 7.25. The number of rotatable bonds is 8. The maximum absolute atomic E-state index is 14.0. The van der Waals surface area contributed by atoms with E-state index >= 15 is 0 Å². The van der Waals surface area contributed by atoms with E-state index in [2.05, 4.69) is 10.3 Å². The highest BCUT2D eigenvalue weighted by Crippen LogP contribution is 2.20. The van der Waals surface area contributed by atoms with E-state index in [-0.39, 0.29) is 17.8 Å². The number of ether oxygens (including phenoxy) is 1. The molecule has 0 radical (unpaired) electrons. The number of halogens is 1. The van der Waals surface area contributed by atoms with E-state index < -0.39 is 11.8 Å². The Bertz CT molecular complexity index is 1110. The highest BCUT2D eigenvalue weighted by atomic mass is 19.1. The van der Waals surface area contributed by atoms with Crippen LogP contribution in [0.4, 0.5) is 14.9 Å². The van der Waals surface area contributed by atoms with Crippen molar-refractivity contribution < 1.29 is 18.8 Å². The summed E-state index contributed by atoms with van der Waals surface area (Å²) >= 11 is 0. The smallest absolute Gasteiger partial charge is 0.322 e. The third kappa shape index (κ3) is 5.82. The molecule has 31 heavy (non-hydrogen) atoms. The number of carbonyl (C=O) groups is 1. The second-order valence-electron chi connectivity index (χ2n) is 7.59. The fourth-order valence-electron chi connectivity index (χ4n) is 3.18. The molecule has 0 fully saturated rings. The Morgan fingerprint density at radius 2 is 1.97 bits per heavy atom. The summed E-state index contributed by atoms with van der Waals surface area (Å²) in [6, 6.07) is 12.7. The van der Waals surface area contributed by atoms with Crippen molar-refractivity contribution in [3.63, 3.8) is 0 Å². The molecule has 1 heterocycles. The van der Waals surface area contributed by atoms with E-state index in [9.17, 15) is 14.0 Å². The first-order valence-corrected chi connectivity index (χ1v) is 10.3. The molecule has 0 spiro atoms. The maximum Gasteiger partial charge on any atom is 0.322 e. The van der Waals surface area contributed by atoms with E-state index in [4.69, 9.17) is 4.74 Å². The molecular weight excluding hydrogens is 399 g/mol. The van der Waals surface area contributed by atoms with Gasteiger partial charge in [0.1, 0.15) is 11.6 Å². The average Bonchev–Trinajstić information content (AvgIpc) is 2.73. The molecular formula is C23H28FN4O3+. The lowest BCUT2D eigenvalue weighted by Gasteiger charge is -2.23. The fourth-order valence-corrected chi connectivity index (χ4v) is 3.18. The minimum atomic E-state index is -0.513. The molecule has 2 aromatic carbocycles. The summed E-state index contributed by atoms with van der Waals surface area (Å²) in [5, 5.41) is 3.42. The van der Waals surface area contributed by atoms with Crippen LogP contribution in [0, 0.1) is 5.82 Å². The lowest BCUT2D eigenvalue weighted by atomic mass is 10.1. The van der Waals surface area contributed by atoms with Crippen LogP contribution in [0.5, 0.6) is 5.75 Å². The third-order valence-electron chi connectivity index (χ3n) is 4.85. The van der Waals surface area contributed by atoms with Gasteiger partial charge in [-0.25, -0.2) is 9.18 Å². The molecule has 0 atom stereocenters. The second-order valence-corrected chi connectivity index (χ2v) is 7.59. The van der Waals surface area contributed by atoms with E-state index in [0.717, 1.165) is 10.3 Å². The van der Waals surface area contributed by atoms with E-state index in [0.29, 0.717) is 36.5 Å². The van der Waals surface area contributed by atoms with Gasteiger partial charge in [0, 0.05) is 16.5 Å². The van der Waals surface area contributed by atoms with Crippen LogP contribution in [0.15, 0.2) is 53.3 Å². The average molecular weight is 428 g/mol. The standard InChI is InChI=1S/C23H27FN4O3/c1-4-31-18-9-10-20-16(14-18)13-17(22(29)25-20)15-28(12-11-27(2)3)23(30)26-21-8-6-5-7-19(21)24/h5-10,13-14H,4,11-12,15H2,1-3H3,(H,25,29)(H,26,30)/p+1. The van der Waals surface area contributed by atoms with Gasteiger partial charge in [-0.2, -0.15) is 0 Å². The Morgan fingerprint density at radius 1 is 1.19 bits per heavy atom. The summed E-state index contributed by atoms with van der Waals surface area (Å²) in [4.78, 5) is 31.1. The van der Waals surface area contributed by atoms with Crippen LogP contribution in [0.3, 0.4) is 0 Å². The highest BCUT2D eigenvalue weighted by molar-refractivity contribution is 5.89. The second kappa shape index (κ2) is 10.1. The van der Waals surface area contributed by atoms with Crippen LogP contribution in [-0.2, 0) is 6.54 Å². The number of nitrogens with one attached hydrogen (secondary N) is 3. The molecule has 0 aliphatic carbocycles. The lowest BCUT2D eigenvalue weighted by molar-refractivity contribution is -0.857. The fraction of sp³-hybridized carbons (Fsp3) is 0.304. The Balaban J connectivity index is 1.88. The van der Waals surface area contributed by atoms with Crippen molar-refractivity contribution in [2.45, 2.75) is 13.5 Å². The number of fused-ring (bicyclic) bond motifs is 1. The number of aromatic nitrogens is 1. The molecule has 0 saturated carbocycles. The number of aromatic amines is 1. The van der Waals surface area contributed by atoms with Crippen molar-refractivity contribution in [3.8, 4) is 5.75 Å². The van der Waals surface area contributed by atoms with Crippen LogP contribution in [0.25, 0.3) is 10.9 Å². The van der Waals surface area contributed by atoms with Gasteiger partial charge < -0.3 is 24.8 Å². The minimum Gasteiger partial charge on any atom is -0.494 e. The van der Waals surface area contributed by atoms with Gasteiger partial charge in [-0.1, -0.05) is 12.1 Å². The van der Waals surface area contributed by atoms with Crippen molar-refractivity contribution >= 4 is 22.6 Å². The summed E-state index contributed by atoms with van der Waals surface area (Å²) in [5.74, 6) is 0.194. The predicted octanol–water partition coefficient (Wildman–Crippen LogP) is 2.24. The number of para-hydroxylation sites is 1. The zero-order valence-corrected chi connectivity index (χ0v) is 18.0. The normalized spacial score (nSPS) is 11.0. The van der Waals surface area contributed by atoms with Crippen molar-refractivity contribution in [2.75, 3.05) is 39.1 Å². The molecule has 1 aromatic heterocycles. The first kappa shape index (κ1) is 22.3. The van der Waals surface area contributed by atoms with Crippen LogP contribution in [0.1, 0.15) is 12.5 Å². The quantitative estimate of drug-likeness (QED) is 0.516. The summed E-state index contributed by atoms with van der Waals surface area (Å²) in [6.07, 6.45) is 0. The molecule has 0 aliphatic heterocycles.